The van der Waals surface area contributed by atoms with Gasteiger partial charge in [0.1, 0.15) is 6.54 Å². The maximum atomic E-state index is 12.4. The lowest BCUT2D eigenvalue weighted by atomic mass is 10.1. The maximum Gasteiger partial charge on any atom is 0.244 e. The first-order valence-corrected chi connectivity index (χ1v) is 8.15. The molecule has 24 heavy (non-hydrogen) atoms. The molecule has 0 saturated heterocycles. The highest BCUT2D eigenvalue weighted by atomic mass is 16.2. The second-order valence-electron chi connectivity index (χ2n) is 6.01. The van der Waals surface area contributed by atoms with Crippen molar-refractivity contribution in [3.63, 3.8) is 0 Å². The first-order valence-electron chi connectivity index (χ1n) is 8.15. The molecule has 0 spiro atoms. The molecule has 4 heteroatoms. The van der Waals surface area contributed by atoms with Crippen molar-refractivity contribution in [3.05, 3.63) is 59.2 Å². The Morgan fingerprint density at radius 1 is 1.04 bits per heavy atom. The second kappa shape index (κ2) is 7.77. The van der Waals surface area contributed by atoms with E-state index in [4.69, 9.17) is 0 Å². The van der Waals surface area contributed by atoms with Gasteiger partial charge in [-0.1, -0.05) is 31.2 Å². The third kappa shape index (κ3) is 4.44. The minimum Gasteiger partial charge on any atom is -0.324 e. The highest BCUT2D eigenvalue weighted by Crippen LogP contribution is 2.20. The molecule has 1 N–H and O–H groups in total. The van der Waals surface area contributed by atoms with E-state index in [-0.39, 0.29) is 18.4 Å². The lowest BCUT2D eigenvalue weighted by Gasteiger charge is -2.22. The van der Waals surface area contributed by atoms with E-state index in [2.05, 4.69) is 5.32 Å². The molecule has 2 amide bonds. The molecular formula is C20H24N2O2. The van der Waals surface area contributed by atoms with Crippen molar-refractivity contribution in [2.24, 2.45) is 0 Å². The Balaban J connectivity index is 2.18. The number of carbonyl (C=O) groups is 2. The highest BCUT2D eigenvalue weighted by Gasteiger charge is 2.17. The Morgan fingerprint density at radius 2 is 1.67 bits per heavy atom. The number of amides is 2. The fourth-order valence-electron chi connectivity index (χ4n) is 2.77. The van der Waals surface area contributed by atoms with E-state index in [9.17, 15) is 9.59 Å². The SMILES string of the molecule is CCc1ccccc1NC(=O)CN(C(C)=O)c1cc(C)cc(C)c1. The van der Waals surface area contributed by atoms with Crippen LogP contribution < -0.4 is 10.2 Å². The standard InChI is InChI=1S/C20H24N2O2/c1-5-17-8-6-7-9-19(17)21-20(24)13-22(16(4)23)18-11-14(2)10-15(3)12-18/h6-12H,5,13H2,1-4H3,(H,21,24). The third-order valence-corrected chi connectivity index (χ3v) is 3.87. The van der Waals surface area contributed by atoms with Crippen LogP contribution in [0.15, 0.2) is 42.5 Å². The molecule has 0 atom stereocenters. The first kappa shape index (κ1) is 17.7. The molecule has 2 rings (SSSR count). The van der Waals surface area contributed by atoms with E-state index < -0.39 is 0 Å². The molecule has 2 aromatic carbocycles. The molecule has 0 bridgehead atoms. The van der Waals surface area contributed by atoms with Crippen LogP contribution >= 0.6 is 0 Å². The fraction of sp³-hybridized carbons (Fsp3) is 0.300. The van der Waals surface area contributed by atoms with Crippen molar-refractivity contribution in [3.8, 4) is 0 Å². The Bertz CT molecular complexity index is 733. The minimum atomic E-state index is -0.203. The van der Waals surface area contributed by atoms with Gasteiger partial charge in [-0.3, -0.25) is 9.59 Å². The number of nitrogens with one attached hydrogen (secondary N) is 1. The lowest BCUT2D eigenvalue weighted by molar-refractivity contribution is -0.120. The van der Waals surface area contributed by atoms with Crippen molar-refractivity contribution in [1.82, 2.24) is 0 Å². The van der Waals surface area contributed by atoms with Crippen LogP contribution in [-0.4, -0.2) is 18.4 Å². The number of nitrogens with zero attached hydrogens (tertiary/aromatic N) is 1. The van der Waals surface area contributed by atoms with Crippen LogP contribution in [0.4, 0.5) is 11.4 Å². The first-order chi connectivity index (χ1) is 11.4. The van der Waals surface area contributed by atoms with E-state index in [0.29, 0.717) is 0 Å². The van der Waals surface area contributed by atoms with Crippen molar-refractivity contribution in [1.29, 1.82) is 0 Å². The van der Waals surface area contributed by atoms with Gasteiger partial charge in [0.05, 0.1) is 0 Å². The Morgan fingerprint density at radius 3 is 2.25 bits per heavy atom. The molecule has 0 saturated carbocycles. The van der Waals surface area contributed by atoms with Crippen LogP contribution in [0.3, 0.4) is 0 Å². The summed E-state index contributed by atoms with van der Waals surface area (Å²) in [5.74, 6) is -0.357. The number of carbonyl (C=O) groups excluding carboxylic acids is 2. The second-order valence-corrected chi connectivity index (χ2v) is 6.01. The molecule has 2 aromatic rings. The van der Waals surface area contributed by atoms with Crippen LogP contribution in [-0.2, 0) is 16.0 Å². The van der Waals surface area contributed by atoms with Gasteiger partial charge >= 0.3 is 0 Å². The summed E-state index contributed by atoms with van der Waals surface area (Å²) in [6.07, 6.45) is 0.837. The number of para-hydroxylation sites is 1. The lowest BCUT2D eigenvalue weighted by Crippen LogP contribution is -2.36. The third-order valence-electron chi connectivity index (χ3n) is 3.87. The largest absolute Gasteiger partial charge is 0.324 e. The summed E-state index contributed by atoms with van der Waals surface area (Å²) < 4.78 is 0. The predicted molar refractivity (Wildman–Crippen MR) is 98.4 cm³/mol. The number of rotatable bonds is 5. The maximum absolute atomic E-state index is 12.4. The van der Waals surface area contributed by atoms with E-state index in [1.807, 2.05) is 63.2 Å². The zero-order valence-corrected chi connectivity index (χ0v) is 14.7. The molecule has 0 fully saturated rings. The van der Waals surface area contributed by atoms with Gasteiger partial charge in [0.25, 0.3) is 0 Å². The Hall–Kier alpha value is -2.62. The normalized spacial score (nSPS) is 10.3. The summed E-state index contributed by atoms with van der Waals surface area (Å²) in [5.41, 5.74) is 4.75. The van der Waals surface area contributed by atoms with Gasteiger partial charge in [0.2, 0.25) is 11.8 Å². The van der Waals surface area contributed by atoms with Crippen molar-refractivity contribution in [2.45, 2.75) is 34.1 Å². The smallest absolute Gasteiger partial charge is 0.244 e. The monoisotopic (exact) mass is 324 g/mol. The number of benzene rings is 2. The van der Waals surface area contributed by atoms with Crippen LogP contribution in [0.5, 0.6) is 0 Å². The predicted octanol–water partition coefficient (Wildman–Crippen LogP) is 3.86. The number of aryl methyl sites for hydroxylation is 3. The molecule has 0 radical (unpaired) electrons. The summed E-state index contributed by atoms with van der Waals surface area (Å²) in [5, 5.41) is 2.91. The van der Waals surface area contributed by atoms with Gasteiger partial charge in [-0.05, 0) is 55.2 Å². The van der Waals surface area contributed by atoms with E-state index in [0.717, 1.165) is 34.5 Å². The molecule has 126 valence electrons. The number of anilines is 2. The topological polar surface area (TPSA) is 49.4 Å². The summed E-state index contributed by atoms with van der Waals surface area (Å²) in [6.45, 7) is 7.47. The van der Waals surface area contributed by atoms with Crippen LogP contribution in [0.1, 0.15) is 30.5 Å². The van der Waals surface area contributed by atoms with Gasteiger partial charge in [-0.25, -0.2) is 0 Å². The van der Waals surface area contributed by atoms with E-state index >= 15 is 0 Å². The summed E-state index contributed by atoms with van der Waals surface area (Å²) in [6, 6.07) is 13.6. The summed E-state index contributed by atoms with van der Waals surface area (Å²) in [4.78, 5) is 26.0. The van der Waals surface area contributed by atoms with Crippen LogP contribution in [0.2, 0.25) is 0 Å². The minimum absolute atomic E-state index is 0.00370. The van der Waals surface area contributed by atoms with E-state index in [1.165, 1.54) is 11.8 Å². The van der Waals surface area contributed by atoms with E-state index in [1.54, 1.807) is 0 Å². The zero-order valence-electron chi connectivity index (χ0n) is 14.7. The molecule has 0 heterocycles. The fourth-order valence-corrected chi connectivity index (χ4v) is 2.77. The van der Waals surface area contributed by atoms with Gasteiger partial charge in [-0.15, -0.1) is 0 Å². The Kier molecular flexibility index (Phi) is 5.74. The van der Waals surface area contributed by atoms with Crippen LogP contribution in [0.25, 0.3) is 0 Å². The van der Waals surface area contributed by atoms with Crippen molar-refractivity contribution >= 4 is 23.2 Å². The van der Waals surface area contributed by atoms with Gasteiger partial charge in [0, 0.05) is 18.3 Å². The highest BCUT2D eigenvalue weighted by molar-refractivity contribution is 6.02. The molecule has 0 aliphatic rings. The molecule has 0 unspecified atom stereocenters. The molecule has 0 aromatic heterocycles. The Labute approximate surface area is 143 Å². The molecule has 0 aliphatic carbocycles. The molecule has 0 aliphatic heterocycles. The average molecular weight is 324 g/mol. The van der Waals surface area contributed by atoms with Crippen molar-refractivity contribution < 1.29 is 9.59 Å². The van der Waals surface area contributed by atoms with Gasteiger partial charge < -0.3 is 10.2 Å². The van der Waals surface area contributed by atoms with Crippen molar-refractivity contribution in [2.75, 3.05) is 16.8 Å². The molecular weight excluding hydrogens is 300 g/mol. The summed E-state index contributed by atoms with van der Waals surface area (Å²) >= 11 is 0. The quantitative estimate of drug-likeness (QED) is 0.908. The number of hydrogen-bond donors (Lipinski definition) is 1. The zero-order chi connectivity index (χ0) is 17.7. The van der Waals surface area contributed by atoms with Gasteiger partial charge in [0.15, 0.2) is 0 Å². The number of hydrogen-bond acceptors (Lipinski definition) is 2. The molecule has 4 nitrogen and oxygen atoms in total. The average Bonchev–Trinajstić information content (AvgIpc) is 2.52. The summed E-state index contributed by atoms with van der Waals surface area (Å²) in [7, 11) is 0. The van der Waals surface area contributed by atoms with Crippen LogP contribution in [0, 0.1) is 13.8 Å². The van der Waals surface area contributed by atoms with Gasteiger partial charge in [-0.2, -0.15) is 0 Å².